The average molecular weight is 410 g/mol. The number of hydrogen-bond acceptors (Lipinski definition) is 4. The van der Waals surface area contributed by atoms with E-state index in [9.17, 15) is 9.59 Å². The zero-order chi connectivity index (χ0) is 21.3. The molecule has 7 heteroatoms. The number of aromatic nitrogens is 2. The Hall–Kier alpha value is -2.67. The number of aryl methyl sites for hydroxylation is 2. The predicted octanol–water partition coefficient (Wildman–Crippen LogP) is 1.68. The Kier molecular flexibility index (Phi) is 5.90. The summed E-state index contributed by atoms with van der Waals surface area (Å²) in [6, 6.07) is 9.94. The van der Waals surface area contributed by atoms with Gasteiger partial charge in [-0.3, -0.25) is 19.2 Å². The number of amides is 2. The van der Waals surface area contributed by atoms with Crippen LogP contribution in [0, 0.1) is 13.8 Å². The first-order valence-electron chi connectivity index (χ1n) is 10.8. The molecule has 3 unspecified atom stereocenters. The molecule has 1 N–H and O–H groups in total. The number of rotatable bonds is 6. The predicted molar refractivity (Wildman–Crippen MR) is 115 cm³/mol. The summed E-state index contributed by atoms with van der Waals surface area (Å²) in [4.78, 5) is 29.9. The van der Waals surface area contributed by atoms with Gasteiger partial charge in [0.05, 0.1) is 5.69 Å². The lowest BCUT2D eigenvalue weighted by Crippen LogP contribution is -2.57. The smallest absolute Gasteiger partial charge is 0.254 e. The highest BCUT2D eigenvalue weighted by Crippen LogP contribution is 2.26. The van der Waals surface area contributed by atoms with Crippen molar-refractivity contribution in [2.45, 2.75) is 45.2 Å². The quantitative estimate of drug-likeness (QED) is 0.788. The van der Waals surface area contributed by atoms with Gasteiger partial charge >= 0.3 is 0 Å². The molecule has 2 aliphatic rings. The Morgan fingerprint density at radius 3 is 2.63 bits per heavy atom. The van der Waals surface area contributed by atoms with E-state index in [1.54, 1.807) is 0 Å². The highest BCUT2D eigenvalue weighted by Gasteiger charge is 2.40. The number of carbonyl (C=O) groups excluding carboxylic acids is 2. The van der Waals surface area contributed by atoms with E-state index >= 15 is 0 Å². The van der Waals surface area contributed by atoms with E-state index in [-0.39, 0.29) is 23.9 Å². The van der Waals surface area contributed by atoms with E-state index in [1.807, 2.05) is 60.8 Å². The standard InChI is InChI=1S/C23H31N5O2/c1-16-21(17(2)26(3)25-16)9-10-22(29)24-13-20-15-28(19-11-12-27(20)14-19)23(30)18-7-5-4-6-8-18/h4-8,19-20H,9-15H2,1-3H3,(H,24,29). The largest absolute Gasteiger partial charge is 0.354 e. The van der Waals surface area contributed by atoms with Gasteiger partial charge in [0, 0.05) is 63.0 Å². The third-order valence-corrected chi connectivity index (χ3v) is 6.64. The van der Waals surface area contributed by atoms with Crippen LogP contribution in [0.25, 0.3) is 0 Å². The van der Waals surface area contributed by atoms with Crippen molar-refractivity contribution >= 4 is 11.8 Å². The average Bonchev–Trinajstić information content (AvgIpc) is 3.27. The lowest BCUT2D eigenvalue weighted by atomic mass is 10.1. The summed E-state index contributed by atoms with van der Waals surface area (Å²) >= 11 is 0. The summed E-state index contributed by atoms with van der Waals surface area (Å²) in [6.07, 6.45) is 2.16. The van der Waals surface area contributed by atoms with E-state index in [0.717, 1.165) is 42.0 Å². The minimum absolute atomic E-state index is 0.0555. The third kappa shape index (κ3) is 4.12. The van der Waals surface area contributed by atoms with Crippen molar-refractivity contribution < 1.29 is 9.59 Å². The Bertz CT molecular complexity index is 923. The van der Waals surface area contributed by atoms with E-state index in [4.69, 9.17) is 0 Å². The van der Waals surface area contributed by atoms with Gasteiger partial charge < -0.3 is 10.2 Å². The summed E-state index contributed by atoms with van der Waals surface area (Å²) in [6.45, 7) is 7.15. The van der Waals surface area contributed by atoms with Crippen LogP contribution >= 0.6 is 0 Å². The summed E-state index contributed by atoms with van der Waals surface area (Å²) in [5.74, 6) is 0.154. The lowest BCUT2D eigenvalue weighted by Gasteiger charge is -2.40. The Morgan fingerprint density at radius 2 is 1.93 bits per heavy atom. The number of fused-ring (bicyclic) bond motifs is 2. The highest BCUT2D eigenvalue weighted by molar-refractivity contribution is 5.94. The van der Waals surface area contributed by atoms with Gasteiger partial charge in [0.1, 0.15) is 0 Å². The lowest BCUT2D eigenvalue weighted by molar-refractivity contribution is -0.121. The Labute approximate surface area is 178 Å². The molecule has 2 amide bonds. The molecule has 0 spiro atoms. The maximum Gasteiger partial charge on any atom is 0.254 e. The maximum absolute atomic E-state index is 13.0. The van der Waals surface area contributed by atoms with E-state index < -0.39 is 0 Å². The zero-order valence-corrected chi connectivity index (χ0v) is 18.1. The van der Waals surface area contributed by atoms with E-state index in [0.29, 0.717) is 25.9 Å². The van der Waals surface area contributed by atoms with Gasteiger partial charge in [0.25, 0.3) is 5.91 Å². The second kappa shape index (κ2) is 8.60. The fourth-order valence-electron chi connectivity index (χ4n) is 4.77. The van der Waals surface area contributed by atoms with Crippen molar-refractivity contribution in [3.63, 3.8) is 0 Å². The van der Waals surface area contributed by atoms with Crippen LogP contribution in [-0.4, -0.2) is 69.7 Å². The number of carbonyl (C=O) groups is 2. The van der Waals surface area contributed by atoms with Gasteiger partial charge in [-0.1, -0.05) is 18.2 Å². The molecule has 2 saturated heterocycles. The number of nitrogens with zero attached hydrogens (tertiary/aromatic N) is 4. The van der Waals surface area contributed by atoms with Crippen molar-refractivity contribution in [1.29, 1.82) is 0 Å². The second-order valence-corrected chi connectivity index (χ2v) is 8.49. The van der Waals surface area contributed by atoms with Crippen LogP contribution < -0.4 is 5.32 Å². The molecular formula is C23H31N5O2. The molecule has 2 bridgehead atoms. The summed E-state index contributed by atoms with van der Waals surface area (Å²) in [5.41, 5.74) is 4.01. The van der Waals surface area contributed by atoms with Crippen molar-refractivity contribution in [3.05, 3.63) is 52.8 Å². The molecule has 2 fully saturated rings. The molecule has 0 aliphatic carbocycles. The van der Waals surface area contributed by atoms with Crippen molar-refractivity contribution in [2.75, 3.05) is 26.2 Å². The van der Waals surface area contributed by atoms with Gasteiger partial charge in [0.15, 0.2) is 0 Å². The number of benzene rings is 1. The Morgan fingerprint density at radius 1 is 1.17 bits per heavy atom. The Balaban J connectivity index is 1.33. The minimum atomic E-state index is 0.0555. The summed E-state index contributed by atoms with van der Waals surface area (Å²) in [7, 11) is 1.93. The van der Waals surface area contributed by atoms with Crippen LogP contribution in [0.15, 0.2) is 30.3 Å². The van der Waals surface area contributed by atoms with Crippen molar-refractivity contribution in [3.8, 4) is 0 Å². The van der Waals surface area contributed by atoms with Gasteiger partial charge in [-0.25, -0.2) is 0 Å². The van der Waals surface area contributed by atoms with E-state index in [1.165, 1.54) is 0 Å². The molecule has 0 radical (unpaired) electrons. The maximum atomic E-state index is 13.0. The SMILES string of the molecule is Cc1nn(C)c(C)c1CCC(=O)NCC1CN(C(=O)c2ccccc2)C2CCN1C2. The molecule has 2 aromatic rings. The van der Waals surface area contributed by atoms with Crippen LogP contribution in [0.5, 0.6) is 0 Å². The van der Waals surface area contributed by atoms with Crippen LogP contribution in [0.1, 0.15) is 40.2 Å². The van der Waals surface area contributed by atoms with Gasteiger partial charge in [-0.15, -0.1) is 0 Å². The van der Waals surface area contributed by atoms with Crippen LogP contribution in [-0.2, 0) is 18.3 Å². The molecule has 160 valence electrons. The molecule has 7 nitrogen and oxygen atoms in total. The molecular weight excluding hydrogens is 378 g/mol. The molecule has 3 heterocycles. The molecule has 30 heavy (non-hydrogen) atoms. The van der Waals surface area contributed by atoms with Crippen molar-refractivity contribution in [2.24, 2.45) is 7.05 Å². The first-order chi connectivity index (χ1) is 14.4. The highest BCUT2D eigenvalue weighted by atomic mass is 16.2. The van der Waals surface area contributed by atoms with Crippen LogP contribution in [0.4, 0.5) is 0 Å². The molecule has 1 aromatic heterocycles. The monoisotopic (exact) mass is 409 g/mol. The molecule has 4 rings (SSSR count). The number of hydrogen-bond donors (Lipinski definition) is 1. The molecule has 0 saturated carbocycles. The second-order valence-electron chi connectivity index (χ2n) is 8.49. The first-order valence-corrected chi connectivity index (χ1v) is 10.8. The minimum Gasteiger partial charge on any atom is -0.354 e. The number of piperazine rings is 1. The number of nitrogens with one attached hydrogen (secondary N) is 1. The van der Waals surface area contributed by atoms with Crippen LogP contribution in [0.2, 0.25) is 0 Å². The van der Waals surface area contributed by atoms with Crippen LogP contribution in [0.3, 0.4) is 0 Å². The fraction of sp³-hybridized carbons (Fsp3) is 0.522. The zero-order valence-electron chi connectivity index (χ0n) is 18.1. The molecule has 1 aromatic carbocycles. The molecule has 2 aliphatic heterocycles. The first kappa shape index (κ1) is 20.6. The van der Waals surface area contributed by atoms with Crippen molar-refractivity contribution in [1.82, 2.24) is 24.9 Å². The normalized spacial score (nSPS) is 22.9. The van der Waals surface area contributed by atoms with Gasteiger partial charge in [-0.2, -0.15) is 5.10 Å². The van der Waals surface area contributed by atoms with E-state index in [2.05, 4.69) is 15.3 Å². The topological polar surface area (TPSA) is 70.5 Å². The molecule has 3 atom stereocenters. The summed E-state index contributed by atoms with van der Waals surface area (Å²) < 4.78 is 1.87. The fourth-order valence-corrected chi connectivity index (χ4v) is 4.77. The summed E-state index contributed by atoms with van der Waals surface area (Å²) in [5, 5.41) is 7.53. The third-order valence-electron chi connectivity index (χ3n) is 6.64. The van der Waals surface area contributed by atoms with Gasteiger partial charge in [0.2, 0.25) is 5.91 Å². The van der Waals surface area contributed by atoms with Gasteiger partial charge in [-0.05, 0) is 44.4 Å².